The van der Waals surface area contributed by atoms with Gasteiger partial charge in [0, 0.05) is 13.2 Å². The maximum atomic E-state index is 11.9. The highest BCUT2D eigenvalue weighted by atomic mass is 16.5. The van der Waals surface area contributed by atoms with Gasteiger partial charge in [-0.05, 0) is 30.2 Å². The topological polar surface area (TPSA) is 63.2 Å². The molecule has 0 saturated heterocycles. The van der Waals surface area contributed by atoms with Crippen LogP contribution in [0.1, 0.15) is 15.9 Å². The number of aromatic nitrogens is 1. The molecule has 0 spiro atoms. The number of carbonyl (C=O) groups is 1. The highest BCUT2D eigenvalue weighted by molar-refractivity contribution is 5.98. The average Bonchev–Trinajstić information content (AvgIpc) is 2.54. The number of nitrogens with zero attached hydrogens (tertiary/aromatic N) is 1. The van der Waals surface area contributed by atoms with E-state index in [2.05, 4.69) is 21.7 Å². The molecular weight excluding hydrogens is 266 g/mol. The predicted molar refractivity (Wildman–Crippen MR) is 80.7 cm³/mol. The number of fused-ring (bicyclic) bond motifs is 1. The molecule has 1 unspecified atom stereocenters. The second kappa shape index (κ2) is 5.83. The summed E-state index contributed by atoms with van der Waals surface area (Å²) in [6.07, 6.45) is 2.52. The number of hydrogen-bond donors (Lipinski definition) is 2. The molecule has 3 rings (SSSR count). The third-order valence-electron chi connectivity index (χ3n) is 3.50. The molecule has 1 aliphatic rings. The third-order valence-corrected chi connectivity index (χ3v) is 3.50. The van der Waals surface area contributed by atoms with Gasteiger partial charge in [-0.3, -0.25) is 4.79 Å². The number of hydrogen-bond acceptors (Lipinski definition) is 4. The van der Waals surface area contributed by atoms with Crippen LogP contribution in [-0.4, -0.2) is 30.6 Å². The van der Waals surface area contributed by atoms with Crippen molar-refractivity contribution in [2.24, 2.45) is 0 Å². The molecule has 108 valence electrons. The Morgan fingerprint density at radius 2 is 2.14 bits per heavy atom. The Kier molecular flexibility index (Phi) is 3.73. The number of nitrogens with one attached hydrogen (secondary N) is 2. The van der Waals surface area contributed by atoms with Gasteiger partial charge in [0.2, 0.25) is 0 Å². The predicted octanol–water partition coefficient (Wildman–Crippen LogP) is 1.86. The van der Waals surface area contributed by atoms with E-state index in [0.717, 1.165) is 12.2 Å². The van der Waals surface area contributed by atoms with Gasteiger partial charge in [0.1, 0.15) is 18.2 Å². The first-order valence-electron chi connectivity index (χ1n) is 6.92. The maximum absolute atomic E-state index is 11.9. The smallest absolute Gasteiger partial charge is 0.254 e. The molecule has 21 heavy (non-hydrogen) atoms. The van der Waals surface area contributed by atoms with Gasteiger partial charge in [-0.1, -0.05) is 18.2 Å². The summed E-state index contributed by atoms with van der Waals surface area (Å²) in [5, 5.41) is 5.93. The van der Waals surface area contributed by atoms with Crippen LogP contribution in [0.25, 0.3) is 0 Å². The number of carbonyl (C=O) groups excluding carboxylic acids is 1. The fourth-order valence-corrected chi connectivity index (χ4v) is 2.45. The van der Waals surface area contributed by atoms with Gasteiger partial charge in [0.15, 0.2) is 0 Å². The number of para-hydroxylation sites is 1. The molecule has 0 fully saturated rings. The van der Waals surface area contributed by atoms with Crippen molar-refractivity contribution in [1.82, 2.24) is 10.3 Å². The number of ether oxygens (including phenoxy) is 1. The van der Waals surface area contributed by atoms with E-state index < -0.39 is 0 Å². The Bertz CT molecular complexity index is 657. The van der Waals surface area contributed by atoms with Crippen molar-refractivity contribution < 1.29 is 9.53 Å². The zero-order valence-corrected chi connectivity index (χ0v) is 11.8. The molecular formula is C16H17N3O2. The van der Waals surface area contributed by atoms with Gasteiger partial charge in [0.25, 0.3) is 5.91 Å². The van der Waals surface area contributed by atoms with Crippen molar-refractivity contribution in [3.05, 3.63) is 53.7 Å². The average molecular weight is 283 g/mol. The van der Waals surface area contributed by atoms with Gasteiger partial charge in [-0.25, -0.2) is 4.98 Å². The number of amides is 1. The number of pyridine rings is 1. The quantitative estimate of drug-likeness (QED) is 0.902. The summed E-state index contributed by atoms with van der Waals surface area (Å²) in [4.78, 5) is 16.1. The first kappa shape index (κ1) is 13.4. The van der Waals surface area contributed by atoms with Crippen molar-refractivity contribution >= 4 is 11.7 Å². The molecule has 0 radical (unpaired) electrons. The summed E-state index contributed by atoms with van der Waals surface area (Å²) in [6.45, 7) is 0.556. The van der Waals surface area contributed by atoms with E-state index in [1.165, 1.54) is 5.56 Å². The van der Waals surface area contributed by atoms with E-state index in [0.29, 0.717) is 18.0 Å². The molecule has 2 aromatic rings. The van der Waals surface area contributed by atoms with Crippen LogP contribution in [0.2, 0.25) is 0 Å². The normalized spacial score (nSPS) is 16.5. The van der Waals surface area contributed by atoms with Gasteiger partial charge in [-0.2, -0.15) is 0 Å². The Hall–Kier alpha value is -2.56. The van der Waals surface area contributed by atoms with Crippen LogP contribution in [0, 0.1) is 0 Å². The minimum atomic E-state index is -0.150. The lowest BCUT2D eigenvalue weighted by Crippen LogP contribution is -2.34. The summed E-state index contributed by atoms with van der Waals surface area (Å²) in [5.41, 5.74) is 1.71. The van der Waals surface area contributed by atoms with Crippen molar-refractivity contribution in [3.63, 3.8) is 0 Å². The molecule has 2 heterocycles. The van der Waals surface area contributed by atoms with E-state index in [1.807, 2.05) is 18.2 Å². The summed E-state index contributed by atoms with van der Waals surface area (Å²) in [5.74, 6) is 1.37. The monoisotopic (exact) mass is 283 g/mol. The zero-order valence-electron chi connectivity index (χ0n) is 11.8. The van der Waals surface area contributed by atoms with Crippen LogP contribution in [-0.2, 0) is 6.42 Å². The zero-order chi connectivity index (χ0) is 14.7. The summed E-state index contributed by atoms with van der Waals surface area (Å²) in [7, 11) is 1.61. The fourth-order valence-electron chi connectivity index (χ4n) is 2.45. The Morgan fingerprint density at radius 3 is 3.00 bits per heavy atom. The lowest BCUT2D eigenvalue weighted by Gasteiger charge is -2.26. The van der Waals surface area contributed by atoms with Gasteiger partial charge < -0.3 is 15.4 Å². The number of rotatable bonds is 3. The van der Waals surface area contributed by atoms with Crippen molar-refractivity contribution in [1.29, 1.82) is 0 Å². The van der Waals surface area contributed by atoms with Crippen LogP contribution in [0.5, 0.6) is 5.75 Å². The minimum Gasteiger partial charge on any atom is -0.491 e. The molecule has 5 heteroatoms. The van der Waals surface area contributed by atoms with Crippen LogP contribution < -0.4 is 15.4 Å². The maximum Gasteiger partial charge on any atom is 0.254 e. The van der Waals surface area contributed by atoms with Gasteiger partial charge in [0.05, 0.1) is 11.6 Å². The second-order valence-corrected chi connectivity index (χ2v) is 4.94. The van der Waals surface area contributed by atoms with Crippen LogP contribution in [0.3, 0.4) is 0 Å². The van der Waals surface area contributed by atoms with E-state index in [1.54, 1.807) is 25.4 Å². The SMILES string of the molecule is CNC(=O)c1cccnc1NC1COc2ccccc2C1. The lowest BCUT2D eigenvalue weighted by atomic mass is 10.0. The number of benzene rings is 1. The standard InChI is InChI=1S/C16H17N3O2/c1-17-16(20)13-6-4-8-18-15(13)19-12-9-11-5-2-3-7-14(11)21-10-12/h2-8,12H,9-10H2,1H3,(H,17,20)(H,18,19). The highest BCUT2D eigenvalue weighted by Gasteiger charge is 2.21. The highest BCUT2D eigenvalue weighted by Crippen LogP contribution is 2.25. The molecule has 1 aromatic carbocycles. The van der Waals surface area contributed by atoms with Crippen LogP contribution in [0.15, 0.2) is 42.6 Å². The first-order chi connectivity index (χ1) is 10.3. The van der Waals surface area contributed by atoms with Crippen LogP contribution >= 0.6 is 0 Å². The molecule has 0 aliphatic carbocycles. The van der Waals surface area contributed by atoms with E-state index in [9.17, 15) is 4.79 Å². The molecule has 1 aliphatic heterocycles. The molecule has 2 N–H and O–H groups in total. The van der Waals surface area contributed by atoms with E-state index in [-0.39, 0.29) is 11.9 Å². The van der Waals surface area contributed by atoms with Crippen LogP contribution in [0.4, 0.5) is 5.82 Å². The van der Waals surface area contributed by atoms with E-state index >= 15 is 0 Å². The fraction of sp³-hybridized carbons (Fsp3) is 0.250. The lowest BCUT2D eigenvalue weighted by molar-refractivity contribution is 0.0963. The molecule has 1 amide bonds. The molecule has 5 nitrogen and oxygen atoms in total. The molecule has 0 saturated carbocycles. The summed E-state index contributed by atoms with van der Waals surface area (Å²) >= 11 is 0. The Labute approximate surface area is 123 Å². The molecule has 1 aromatic heterocycles. The molecule has 0 bridgehead atoms. The summed E-state index contributed by atoms with van der Waals surface area (Å²) < 4.78 is 5.74. The molecule has 1 atom stereocenters. The first-order valence-corrected chi connectivity index (χ1v) is 6.92. The van der Waals surface area contributed by atoms with Gasteiger partial charge in [-0.15, -0.1) is 0 Å². The largest absolute Gasteiger partial charge is 0.491 e. The summed E-state index contributed by atoms with van der Waals surface area (Å²) in [6, 6.07) is 11.6. The van der Waals surface area contributed by atoms with Crippen molar-refractivity contribution in [2.75, 3.05) is 19.0 Å². The minimum absolute atomic E-state index is 0.0956. The Balaban J connectivity index is 1.78. The van der Waals surface area contributed by atoms with Crippen molar-refractivity contribution in [2.45, 2.75) is 12.5 Å². The Morgan fingerprint density at radius 1 is 1.29 bits per heavy atom. The second-order valence-electron chi connectivity index (χ2n) is 4.94. The van der Waals surface area contributed by atoms with E-state index in [4.69, 9.17) is 4.74 Å². The van der Waals surface area contributed by atoms with Gasteiger partial charge >= 0.3 is 0 Å². The third kappa shape index (κ3) is 2.81. The number of anilines is 1. The van der Waals surface area contributed by atoms with Crippen molar-refractivity contribution in [3.8, 4) is 5.75 Å².